The highest BCUT2D eigenvalue weighted by atomic mass is 35.5. The number of anilines is 1. The summed E-state index contributed by atoms with van der Waals surface area (Å²) in [5.74, 6) is 0.155. The van der Waals surface area contributed by atoms with Gasteiger partial charge in [0, 0.05) is 16.3 Å². The van der Waals surface area contributed by atoms with Crippen molar-refractivity contribution in [3.8, 4) is 5.75 Å². The lowest BCUT2D eigenvalue weighted by Crippen LogP contribution is -2.17. The van der Waals surface area contributed by atoms with Gasteiger partial charge in [-0.05, 0) is 48.5 Å². The summed E-state index contributed by atoms with van der Waals surface area (Å²) in [4.78, 5) is 23.0. The Morgan fingerprint density at radius 3 is 2.24 bits per heavy atom. The van der Waals surface area contributed by atoms with Crippen molar-refractivity contribution >= 4 is 29.2 Å². The number of carbonyl (C=O) groups excluding carboxylic acids is 2. The summed E-state index contributed by atoms with van der Waals surface area (Å²) < 4.78 is 5.09. The number of rotatable bonds is 4. The van der Waals surface area contributed by atoms with E-state index < -0.39 is 6.09 Å². The molecule has 0 heterocycles. The molecule has 0 bridgehead atoms. The number of ether oxygens (including phenoxy) is 1. The normalized spacial score (nSPS) is 10.0. The second kappa shape index (κ2) is 6.88. The van der Waals surface area contributed by atoms with Gasteiger partial charge in [0.05, 0.1) is 6.54 Å². The zero-order valence-electron chi connectivity index (χ0n) is 11.0. The van der Waals surface area contributed by atoms with Gasteiger partial charge in [0.1, 0.15) is 5.75 Å². The van der Waals surface area contributed by atoms with E-state index in [1.807, 2.05) is 0 Å². The Balaban J connectivity index is 1.96. The van der Waals surface area contributed by atoms with Crippen LogP contribution in [0.3, 0.4) is 0 Å². The molecule has 0 unspecified atom stereocenters. The van der Waals surface area contributed by atoms with E-state index in [4.69, 9.17) is 22.1 Å². The number of hydrogen-bond acceptors (Lipinski definition) is 4. The Morgan fingerprint density at radius 1 is 1.05 bits per heavy atom. The minimum Gasteiger partial charge on any atom is -0.410 e. The number of amides is 1. The number of ketones is 1. The Labute approximate surface area is 126 Å². The van der Waals surface area contributed by atoms with Gasteiger partial charge in [-0.25, -0.2) is 4.79 Å². The predicted molar refractivity (Wildman–Crippen MR) is 80.9 cm³/mol. The second-order valence-electron chi connectivity index (χ2n) is 4.17. The van der Waals surface area contributed by atoms with Crippen LogP contribution in [0, 0.1) is 0 Å². The molecule has 6 heteroatoms. The zero-order chi connectivity index (χ0) is 15.2. The molecule has 0 saturated heterocycles. The third-order valence-corrected chi connectivity index (χ3v) is 2.91. The fraction of sp³-hybridized carbons (Fsp3) is 0.0667. The molecule has 0 aromatic heterocycles. The number of nitrogens with two attached hydrogens (primary N) is 1. The molecule has 1 amide bonds. The monoisotopic (exact) mass is 304 g/mol. The summed E-state index contributed by atoms with van der Waals surface area (Å²) in [6, 6.07) is 12.8. The number of hydrogen-bond donors (Lipinski definition) is 2. The molecule has 0 saturated carbocycles. The van der Waals surface area contributed by atoms with Crippen LogP contribution in [-0.2, 0) is 0 Å². The van der Waals surface area contributed by atoms with E-state index in [9.17, 15) is 9.59 Å². The van der Waals surface area contributed by atoms with Gasteiger partial charge in [0.15, 0.2) is 5.78 Å². The molecular weight excluding hydrogens is 292 g/mol. The van der Waals surface area contributed by atoms with Crippen molar-refractivity contribution in [2.24, 2.45) is 5.73 Å². The Morgan fingerprint density at radius 2 is 1.67 bits per heavy atom. The van der Waals surface area contributed by atoms with Gasteiger partial charge in [0.2, 0.25) is 0 Å². The molecule has 0 aliphatic heterocycles. The highest BCUT2D eigenvalue weighted by Crippen LogP contribution is 2.16. The first-order valence-electron chi connectivity index (χ1n) is 6.16. The molecule has 2 aromatic carbocycles. The van der Waals surface area contributed by atoms with Crippen molar-refractivity contribution in [1.29, 1.82) is 0 Å². The number of carbonyl (C=O) groups is 2. The molecular formula is C15H13ClN2O3. The van der Waals surface area contributed by atoms with Crippen molar-refractivity contribution in [1.82, 2.24) is 0 Å². The molecule has 108 valence electrons. The van der Waals surface area contributed by atoms with Gasteiger partial charge in [0.25, 0.3) is 0 Å². The molecule has 5 nitrogen and oxygen atoms in total. The van der Waals surface area contributed by atoms with Crippen molar-refractivity contribution in [3.63, 3.8) is 0 Å². The van der Waals surface area contributed by atoms with Crippen LogP contribution in [0.5, 0.6) is 5.75 Å². The van der Waals surface area contributed by atoms with Gasteiger partial charge < -0.3 is 10.5 Å². The number of halogens is 1. The summed E-state index contributed by atoms with van der Waals surface area (Å²) in [6.07, 6.45) is -0.629. The summed E-state index contributed by atoms with van der Waals surface area (Å²) >= 11 is 5.75. The van der Waals surface area contributed by atoms with Crippen molar-refractivity contribution in [2.75, 3.05) is 11.9 Å². The summed E-state index contributed by atoms with van der Waals surface area (Å²) in [5, 5.41) is 3.14. The Kier molecular flexibility index (Phi) is 4.92. The quantitative estimate of drug-likeness (QED) is 0.850. The zero-order valence-corrected chi connectivity index (χ0v) is 11.8. The smallest absolute Gasteiger partial charge is 0.410 e. The Hall–Kier alpha value is -2.37. The van der Waals surface area contributed by atoms with Gasteiger partial charge in [-0.15, -0.1) is 0 Å². The van der Waals surface area contributed by atoms with Crippen LogP contribution in [0.4, 0.5) is 10.5 Å². The van der Waals surface area contributed by atoms with Crippen LogP contribution in [-0.4, -0.2) is 18.4 Å². The van der Waals surface area contributed by atoms with E-state index in [2.05, 4.69) is 5.32 Å². The minimum absolute atomic E-state index is 0.0583. The molecule has 0 atom stereocenters. The SMILES string of the molecule is NCC(=O)c1ccc(OC(=O)Nc2ccc(Cl)cc2)cc1. The first kappa shape index (κ1) is 15.0. The van der Waals surface area contributed by atoms with E-state index in [-0.39, 0.29) is 12.3 Å². The van der Waals surface area contributed by atoms with Gasteiger partial charge >= 0.3 is 6.09 Å². The molecule has 3 N–H and O–H groups in total. The molecule has 0 radical (unpaired) electrons. The number of benzene rings is 2. The average molecular weight is 305 g/mol. The molecule has 0 aliphatic rings. The fourth-order valence-electron chi connectivity index (χ4n) is 1.61. The van der Waals surface area contributed by atoms with Crippen LogP contribution >= 0.6 is 11.6 Å². The van der Waals surface area contributed by atoms with E-state index in [0.29, 0.717) is 22.0 Å². The average Bonchev–Trinajstić information content (AvgIpc) is 2.49. The van der Waals surface area contributed by atoms with Crippen molar-refractivity contribution in [3.05, 3.63) is 59.1 Å². The van der Waals surface area contributed by atoms with Crippen LogP contribution in [0.15, 0.2) is 48.5 Å². The minimum atomic E-state index is -0.629. The molecule has 2 aromatic rings. The predicted octanol–water partition coefficient (Wildman–Crippen LogP) is 3.09. The molecule has 0 aliphatic carbocycles. The van der Waals surface area contributed by atoms with E-state index in [0.717, 1.165) is 0 Å². The standard InChI is InChI=1S/C15H13ClN2O3/c16-11-3-5-12(6-4-11)18-15(20)21-13-7-1-10(2-8-13)14(19)9-17/h1-8H,9,17H2,(H,18,20). The third kappa shape index (κ3) is 4.30. The third-order valence-electron chi connectivity index (χ3n) is 2.66. The van der Waals surface area contributed by atoms with Crippen LogP contribution in [0.2, 0.25) is 5.02 Å². The van der Waals surface area contributed by atoms with Gasteiger partial charge in [-0.1, -0.05) is 11.6 Å². The molecule has 0 fully saturated rings. The maximum atomic E-state index is 11.7. The van der Waals surface area contributed by atoms with E-state index in [1.165, 1.54) is 12.1 Å². The molecule has 0 spiro atoms. The summed E-state index contributed by atoms with van der Waals surface area (Å²) in [6.45, 7) is -0.0583. The van der Waals surface area contributed by atoms with Gasteiger partial charge in [-0.3, -0.25) is 10.1 Å². The summed E-state index contributed by atoms with van der Waals surface area (Å²) in [5.41, 5.74) is 6.31. The first-order chi connectivity index (χ1) is 10.1. The molecule has 2 rings (SSSR count). The lowest BCUT2D eigenvalue weighted by molar-refractivity contribution is 0.100. The Bertz CT molecular complexity index is 639. The van der Waals surface area contributed by atoms with Crippen LogP contribution in [0.1, 0.15) is 10.4 Å². The highest BCUT2D eigenvalue weighted by molar-refractivity contribution is 6.30. The van der Waals surface area contributed by atoms with Crippen LogP contribution in [0.25, 0.3) is 0 Å². The lowest BCUT2D eigenvalue weighted by atomic mass is 10.1. The highest BCUT2D eigenvalue weighted by Gasteiger charge is 2.07. The maximum absolute atomic E-state index is 11.7. The van der Waals surface area contributed by atoms with E-state index in [1.54, 1.807) is 36.4 Å². The summed E-state index contributed by atoms with van der Waals surface area (Å²) in [7, 11) is 0. The lowest BCUT2D eigenvalue weighted by Gasteiger charge is -2.07. The first-order valence-corrected chi connectivity index (χ1v) is 6.54. The number of Topliss-reactive ketones (excluding diaryl/α,β-unsaturated/α-hetero) is 1. The van der Waals surface area contributed by atoms with Crippen molar-refractivity contribution < 1.29 is 14.3 Å². The largest absolute Gasteiger partial charge is 0.417 e. The maximum Gasteiger partial charge on any atom is 0.417 e. The molecule has 21 heavy (non-hydrogen) atoms. The number of nitrogens with one attached hydrogen (secondary N) is 1. The second-order valence-corrected chi connectivity index (χ2v) is 4.61. The van der Waals surface area contributed by atoms with Crippen molar-refractivity contribution in [2.45, 2.75) is 0 Å². The van der Waals surface area contributed by atoms with E-state index >= 15 is 0 Å². The topological polar surface area (TPSA) is 81.4 Å². The fourth-order valence-corrected chi connectivity index (χ4v) is 1.74. The van der Waals surface area contributed by atoms with Gasteiger partial charge in [-0.2, -0.15) is 0 Å². The van der Waals surface area contributed by atoms with Crippen LogP contribution < -0.4 is 15.8 Å².